The van der Waals surface area contributed by atoms with Crippen molar-refractivity contribution in [1.82, 2.24) is 4.90 Å². The van der Waals surface area contributed by atoms with Crippen molar-refractivity contribution in [1.29, 1.82) is 0 Å². The van der Waals surface area contributed by atoms with E-state index in [0.29, 0.717) is 10.9 Å². The van der Waals surface area contributed by atoms with Gasteiger partial charge in [-0.05, 0) is 32.7 Å². The van der Waals surface area contributed by atoms with Gasteiger partial charge in [0.1, 0.15) is 0 Å². The van der Waals surface area contributed by atoms with Crippen molar-refractivity contribution in [3.8, 4) is 0 Å². The van der Waals surface area contributed by atoms with Crippen LogP contribution in [0.2, 0.25) is 0 Å². The van der Waals surface area contributed by atoms with Crippen molar-refractivity contribution in [2.75, 3.05) is 7.05 Å². The fourth-order valence-corrected chi connectivity index (χ4v) is 3.26. The molecular formula is C12H24BrN. The molecule has 0 aromatic carbocycles. The van der Waals surface area contributed by atoms with Gasteiger partial charge in [-0.3, -0.25) is 4.90 Å². The van der Waals surface area contributed by atoms with Gasteiger partial charge >= 0.3 is 0 Å². The Morgan fingerprint density at radius 1 is 1.14 bits per heavy atom. The topological polar surface area (TPSA) is 3.24 Å². The van der Waals surface area contributed by atoms with Gasteiger partial charge < -0.3 is 0 Å². The molecule has 1 fully saturated rings. The smallest absolute Gasteiger partial charge is 0.0301 e. The van der Waals surface area contributed by atoms with Crippen LogP contribution < -0.4 is 0 Å². The van der Waals surface area contributed by atoms with Crippen LogP contribution in [-0.2, 0) is 0 Å². The number of rotatable bonds is 3. The van der Waals surface area contributed by atoms with Crippen LogP contribution in [0.25, 0.3) is 0 Å². The first-order valence-corrected chi connectivity index (χ1v) is 6.81. The summed E-state index contributed by atoms with van der Waals surface area (Å²) in [4.78, 5) is 3.28. The Bertz CT molecular complexity index is 170. The minimum Gasteiger partial charge on any atom is -0.299 e. The second kappa shape index (κ2) is 5.50. The van der Waals surface area contributed by atoms with E-state index < -0.39 is 0 Å². The zero-order chi connectivity index (χ0) is 10.7. The maximum absolute atomic E-state index is 3.83. The quantitative estimate of drug-likeness (QED) is 0.701. The first kappa shape index (κ1) is 12.5. The number of hydrogen-bond acceptors (Lipinski definition) is 1. The maximum atomic E-state index is 3.83. The van der Waals surface area contributed by atoms with Crippen molar-refractivity contribution in [3.05, 3.63) is 0 Å². The van der Waals surface area contributed by atoms with Crippen LogP contribution >= 0.6 is 15.9 Å². The van der Waals surface area contributed by atoms with E-state index in [9.17, 15) is 0 Å². The first-order valence-electron chi connectivity index (χ1n) is 5.90. The molecule has 0 aromatic heterocycles. The van der Waals surface area contributed by atoms with Gasteiger partial charge in [-0.2, -0.15) is 0 Å². The number of hydrogen-bond donors (Lipinski definition) is 0. The Labute approximate surface area is 97.4 Å². The van der Waals surface area contributed by atoms with E-state index in [1.807, 2.05) is 0 Å². The predicted molar refractivity (Wildman–Crippen MR) is 67.0 cm³/mol. The molecule has 0 radical (unpaired) electrons. The largest absolute Gasteiger partial charge is 0.299 e. The normalized spacial score (nSPS) is 31.1. The van der Waals surface area contributed by atoms with Crippen LogP contribution in [0.4, 0.5) is 0 Å². The van der Waals surface area contributed by atoms with Crippen LogP contribution in [0.1, 0.15) is 46.5 Å². The Kier molecular flexibility index (Phi) is 4.92. The third kappa shape index (κ3) is 2.96. The summed E-state index contributed by atoms with van der Waals surface area (Å²) in [6.45, 7) is 6.97. The van der Waals surface area contributed by atoms with Crippen LogP contribution in [0, 0.1) is 5.92 Å². The van der Waals surface area contributed by atoms with E-state index in [1.165, 1.54) is 25.7 Å². The second-order valence-corrected chi connectivity index (χ2v) is 6.19. The fraction of sp³-hybridized carbons (Fsp3) is 1.00. The average Bonchev–Trinajstić information content (AvgIpc) is 2.16. The Morgan fingerprint density at radius 2 is 1.71 bits per heavy atom. The molecular weight excluding hydrogens is 238 g/mol. The summed E-state index contributed by atoms with van der Waals surface area (Å²) >= 11 is 3.83. The molecule has 0 bridgehead atoms. The van der Waals surface area contributed by atoms with Crippen molar-refractivity contribution in [2.24, 2.45) is 5.92 Å². The van der Waals surface area contributed by atoms with E-state index in [1.54, 1.807) is 0 Å². The molecule has 3 unspecified atom stereocenters. The highest BCUT2D eigenvalue weighted by molar-refractivity contribution is 9.09. The molecule has 0 saturated heterocycles. The number of alkyl halides is 1. The maximum Gasteiger partial charge on any atom is 0.0301 e. The van der Waals surface area contributed by atoms with E-state index >= 15 is 0 Å². The molecule has 1 aliphatic carbocycles. The molecule has 0 N–H and O–H groups in total. The molecule has 2 heteroatoms. The summed E-state index contributed by atoms with van der Waals surface area (Å²) in [5.74, 6) is 0.752. The molecule has 1 saturated carbocycles. The van der Waals surface area contributed by atoms with Gasteiger partial charge in [0, 0.05) is 16.9 Å². The van der Waals surface area contributed by atoms with Gasteiger partial charge in [0.25, 0.3) is 0 Å². The lowest BCUT2D eigenvalue weighted by Crippen LogP contribution is -2.46. The lowest BCUT2D eigenvalue weighted by Gasteiger charge is -2.40. The monoisotopic (exact) mass is 261 g/mol. The minimum absolute atomic E-state index is 0.693. The second-order valence-electron chi connectivity index (χ2n) is 5.02. The molecule has 1 rings (SSSR count). The average molecular weight is 262 g/mol. The number of nitrogens with zero attached hydrogens (tertiary/aromatic N) is 1. The Hall–Kier alpha value is 0.440. The third-order valence-corrected chi connectivity index (χ3v) is 4.85. The van der Waals surface area contributed by atoms with Crippen LogP contribution in [0.5, 0.6) is 0 Å². The van der Waals surface area contributed by atoms with Crippen molar-refractivity contribution in [3.63, 3.8) is 0 Å². The SMILES string of the molecule is CC(C)C(C)N(C)C1CCCCC1Br. The van der Waals surface area contributed by atoms with Crippen LogP contribution in [0.15, 0.2) is 0 Å². The van der Waals surface area contributed by atoms with Gasteiger partial charge in [0.15, 0.2) is 0 Å². The zero-order valence-corrected chi connectivity index (χ0v) is 11.5. The molecule has 0 aromatic rings. The lowest BCUT2D eigenvalue weighted by atomic mass is 9.92. The lowest BCUT2D eigenvalue weighted by molar-refractivity contribution is 0.124. The third-order valence-electron chi connectivity index (χ3n) is 3.78. The molecule has 1 nitrogen and oxygen atoms in total. The standard InChI is InChI=1S/C12H24BrN/c1-9(2)10(3)14(4)12-8-6-5-7-11(12)13/h9-12H,5-8H2,1-4H3. The molecule has 14 heavy (non-hydrogen) atoms. The van der Waals surface area contributed by atoms with Crippen molar-refractivity contribution < 1.29 is 0 Å². The van der Waals surface area contributed by atoms with Gasteiger partial charge in [-0.15, -0.1) is 0 Å². The summed E-state index contributed by atoms with van der Waals surface area (Å²) in [7, 11) is 2.29. The molecule has 1 aliphatic rings. The van der Waals surface area contributed by atoms with Gasteiger partial charge in [0.2, 0.25) is 0 Å². The molecule has 0 spiro atoms. The molecule has 0 amide bonds. The van der Waals surface area contributed by atoms with E-state index in [2.05, 4.69) is 48.6 Å². The van der Waals surface area contributed by atoms with Gasteiger partial charge in [-0.1, -0.05) is 42.6 Å². The molecule has 0 heterocycles. The van der Waals surface area contributed by atoms with E-state index in [-0.39, 0.29) is 0 Å². The minimum atomic E-state index is 0.693. The molecule has 84 valence electrons. The van der Waals surface area contributed by atoms with Gasteiger partial charge in [0.05, 0.1) is 0 Å². The van der Waals surface area contributed by atoms with Crippen molar-refractivity contribution >= 4 is 15.9 Å². The highest BCUT2D eigenvalue weighted by Crippen LogP contribution is 2.29. The first-order chi connectivity index (χ1) is 6.54. The summed E-state index contributed by atoms with van der Waals surface area (Å²) in [6.07, 6.45) is 5.52. The fourth-order valence-electron chi connectivity index (χ4n) is 2.30. The Balaban J connectivity index is 2.53. The van der Waals surface area contributed by atoms with Gasteiger partial charge in [-0.25, -0.2) is 0 Å². The molecule has 0 aliphatic heterocycles. The highest BCUT2D eigenvalue weighted by atomic mass is 79.9. The zero-order valence-electron chi connectivity index (χ0n) is 9.96. The van der Waals surface area contributed by atoms with Crippen molar-refractivity contribution in [2.45, 2.75) is 63.4 Å². The summed E-state index contributed by atoms with van der Waals surface area (Å²) in [6, 6.07) is 1.44. The molecule has 3 atom stereocenters. The summed E-state index contributed by atoms with van der Waals surface area (Å²) in [5.41, 5.74) is 0. The summed E-state index contributed by atoms with van der Waals surface area (Å²) < 4.78 is 0. The van der Waals surface area contributed by atoms with E-state index in [0.717, 1.165) is 12.0 Å². The predicted octanol–water partition coefficient (Wildman–Crippen LogP) is 3.67. The Morgan fingerprint density at radius 3 is 2.21 bits per heavy atom. The van der Waals surface area contributed by atoms with Crippen LogP contribution in [-0.4, -0.2) is 28.9 Å². The van der Waals surface area contributed by atoms with Crippen LogP contribution in [0.3, 0.4) is 0 Å². The highest BCUT2D eigenvalue weighted by Gasteiger charge is 2.29. The van der Waals surface area contributed by atoms with E-state index in [4.69, 9.17) is 0 Å². The summed E-state index contributed by atoms with van der Waals surface area (Å²) in [5, 5.41) is 0. The number of halogens is 1.